The van der Waals surface area contributed by atoms with Crippen molar-refractivity contribution in [2.24, 2.45) is 5.73 Å². The molecule has 6 rings (SSSR count). The first kappa shape index (κ1) is 30.4. The smallest absolute Gasteiger partial charge is 0.0236 e. The molecule has 0 saturated heterocycles. The number of allylic oxidation sites excluding steroid dienone is 9. The maximum atomic E-state index is 6.71. The Kier molecular flexibility index (Phi) is 7.83. The molecule has 0 aliphatic heterocycles. The SMILES string of the molecule is CC1=C(/C=C/C2=Cc3cc(C)c4ccccc4c3C2(C)C)CC/C1=C\C=C(\C(C)N)C(C)(C)c1c(C)ccc2c1C=CCC2. The second-order valence-electron chi connectivity index (χ2n) is 14.4. The van der Waals surface area contributed by atoms with Crippen LogP contribution < -0.4 is 5.73 Å². The van der Waals surface area contributed by atoms with Crippen LogP contribution in [-0.2, 0) is 17.3 Å². The Labute approximate surface area is 265 Å². The number of fused-ring (bicyclic) bond motifs is 4. The zero-order valence-electron chi connectivity index (χ0n) is 28.1. The molecule has 2 N–H and O–H groups in total. The lowest BCUT2D eigenvalue weighted by Crippen LogP contribution is -2.33. The van der Waals surface area contributed by atoms with Gasteiger partial charge in [-0.25, -0.2) is 0 Å². The normalized spacial score (nSPS) is 19.7. The standard InChI is InChI=1S/C43H49N/c1-27-17-18-33-13-9-10-15-37(33)40(27)43(7,8)39(30(4)44)24-22-32-20-19-31(29(32)3)21-23-35-26-34-25-28(2)36-14-11-12-16-38(36)41(34)42(35,5)6/h10-12,14-18,21-26,30H,9,13,19-20,44H2,1-8H3/b23-21+,32-22+,39-24-. The van der Waals surface area contributed by atoms with Crippen LogP contribution in [-0.4, -0.2) is 6.04 Å². The second-order valence-corrected chi connectivity index (χ2v) is 14.4. The van der Waals surface area contributed by atoms with Crippen LogP contribution in [0.4, 0.5) is 0 Å². The fourth-order valence-electron chi connectivity index (χ4n) is 8.32. The number of aryl methyl sites for hydroxylation is 3. The number of nitrogens with two attached hydrogens (primary N) is 1. The highest BCUT2D eigenvalue weighted by atomic mass is 14.6. The molecular formula is C43H49N. The van der Waals surface area contributed by atoms with Gasteiger partial charge in [0.25, 0.3) is 0 Å². The summed E-state index contributed by atoms with van der Waals surface area (Å²) in [6.45, 7) is 18.4. The molecule has 3 aromatic rings. The van der Waals surface area contributed by atoms with E-state index < -0.39 is 0 Å². The molecule has 1 atom stereocenters. The topological polar surface area (TPSA) is 26.0 Å². The van der Waals surface area contributed by atoms with Gasteiger partial charge < -0.3 is 5.73 Å². The van der Waals surface area contributed by atoms with E-state index in [0.717, 1.165) is 25.7 Å². The number of hydrogen-bond donors (Lipinski definition) is 1. The van der Waals surface area contributed by atoms with Crippen molar-refractivity contribution in [2.75, 3.05) is 0 Å². The second kappa shape index (κ2) is 11.4. The monoisotopic (exact) mass is 579 g/mol. The van der Waals surface area contributed by atoms with Gasteiger partial charge in [0, 0.05) is 16.9 Å². The van der Waals surface area contributed by atoms with Crippen molar-refractivity contribution >= 4 is 22.9 Å². The van der Waals surface area contributed by atoms with Gasteiger partial charge in [-0.3, -0.25) is 0 Å². The summed E-state index contributed by atoms with van der Waals surface area (Å²) in [4.78, 5) is 0. The Hall–Kier alpha value is -3.68. The first-order valence-corrected chi connectivity index (χ1v) is 16.5. The first-order valence-electron chi connectivity index (χ1n) is 16.5. The maximum Gasteiger partial charge on any atom is 0.0236 e. The van der Waals surface area contributed by atoms with Crippen molar-refractivity contribution < 1.29 is 0 Å². The summed E-state index contributed by atoms with van der Waals surface area (Å²) in [5, 5.41) is 2.75. The Morgan fingerprint density at radius 3 is 2.43 bits per heavy atom. The van der Waals surface area contributed by atoms with Gasteiger partial charge in [0.1, 0.15) is 0 Å². The predicted molar refractivity (Wildman–Crippen MR) is 192 cm³/mol. The minimum absolute atomic E-state index is 0.0324. The average Bonchev–Trinajstić information content (AvgIpc) is 3.45. The molecule has 226 valence electrons. The Morgan fingerprint density at radius 2 is 1.68 bits per heavy atom. The highest BCUT2D eigenvalue weighted by Crippen LogP contribution is 2.47. The van der Waals surface area contributed by atoms with E-state index in [1.165, 1.54) is 77.6 Å². The molecule has 1 heteroatoms. The van der Waals surface area contributed by atoms with E-state index in [1.807, 2.05) is 0 Å². The average molecular weight is 580 g/mol. The third-order valence-corrected chi connectivity index (χ3v) is 10.7. The van der Waals surface area contributed by atoms with Gasteiger partial charge in [0.2, 0.25) is 0 Å². The van der Waals surface area contributed by atoms with Crippen molar-refractivity contribution in [3.63, 3.8) is 0 Å². The predicted octanol–water partition coefficient (Wildman–Crippen LogP) is 10.9. The molecule has 0 spiro atoms. The number of hydrogen-bond acceptors (Lipinski definition) is 1. The molecule has 0 saturated carbocycles. The third-order valence-electron chi connectivity index (χ3n) is 10.7. The van der Waals surface area contributed by atoms with Gasteiger partial charge in [0.15, 0.2) is 0 Å². The lowest BCUT2D eigenvalue weighted by Gasteiger charge is -2.35. The van der Waals surface area contributed by atoms with Crippen LogP contribution in [0.25, 0.3) is 22.9 Å². The Morgan fingerprint density at radius 1 is 0.932 bits per heavy atom. The molecule has 3 aliphatic carbocycles. The van der Waals surface area contributed by atoms with Crippen molar-refractivity contribution in [1.82, 2.24) is 0 Å². The van der Waals surface area contributed by atoms with Crippen molar-refractivity contribution in [1.29, 1.82) is 0 Å². The third kappa shape index (κ3) is 5.10. The molecule has 0 radical (unpaired) electrons. The minimum Gasteiger partial charge on any atom is -0.324 e. The highest BCUT2D eigenvalue weighted by Gasteiger charge is 2.34. The van der Waals surface area contributed by atoms with Crippen LogP contribution in [0, 0.1) is 13.8 Å². The van der Waals surface area contributed by atoms with Gasteiger partial charge >= 0.3 is 0 Å². The number of benzene rings is 3. The maximum absolute atomic E-state index is 6.71. The lowest BCUT2D eigenvalue weighted by atomic mass is 9.70. The molecule has 44 heavy (non-hydrogen) atoms. The summed E-state index contributed by atoms with van der Waals surface area (Å²) < 4.78 is 0. The summed E-state index contributed by atoms with van der Waals surface area (Å²) in [7, 11) is 0. The van der Waals surface area contributed by atoms with Gasteiger partial charge in [-0.2, -0.15) is 0 Å². The van der Waals surface area contributed by atoms with E-state index in [-0.39, 0.29) is 16.9 Å². The Bertz CT molecular complexity index is 1840. The molecule has 1 nitrogen and oxygen atoms in total. The van der Waals surface area contributed by atoms with E-state index >= 15 is 0 Å². The van der Waals surface area contributed by atoms with Crippen LogP contribution in [0.1, 0.15) is 99.7 Å². The summed E-state index contributed by atoms with van der Waals surface area (Å²) >= 11 is 0. The van der Waals surface area contributed by atoms with Crippen molar-refractivity contribution in [2.45, 2.75) is 97.9 Å². The zero-order valence-corrected chi connectivity index (χ0v) is 28.1. The van der Waals surface area contributed by atoms with Crippen LogP contribution in [0.15, 0.2) is 101 Å². The molecule has 1 unspecified atom stereocenters. The summed E-state index contributed by atoms with van der Waals surface area (Å²) in [6, 6.07) is 15.8. The molecule has 0 fully saturated rings. The van der Waals surface area contributed by atoms with E-state index in [4.69, 9.17) is 5.73 Å². The van der Waals surface area contributed by atoms with Crippen LogP contribution in [0.5, 0.6) is 0 Å². The summed E-state index contributed by atoms with van der Waals surface area (Å²) in [5.74, 6) is 0. The minimum atomic E-state index is -0.167. The highest BCUT2D eigenvalue weighted by molar-refractivity contribution is 5.95. The van der Waals surface area contributed by atoms with Crippen LogP contribution >= 0.6 is 0 Å². The fourth-order valence-corrected chi connectivity index (χ4v) is 8.32. The fraction of sp³-hybridized carbons (Fsp3) is 0.349. The van der Waals surface area contributed by atoms with Crippen LogP contribution in [0.2, 0.25) is 0 Å². The van der Waals surface area contributed by atoms with E-state index in [0.29, 0.717) is 0 Å². The Balaban J connectivity index is 1.30. The molecular weight excluding hydrogens is 530 g/mol. The lowest BCUT2D eigenvalue weighted by molar-refractivity contribution is 0.566. The van der Waals surface area contributed by atoms with Gasteiger partial charge in [-0.15, -0.1) is 0 Å². The molecule has 0 aromatic heterocycles. The quantitative estimate of drug-likeness (QED) is 0.309. The van der Waals surface area contributed by atoms with Crippen LogP contribution in [0.3, 0.4) is 0 Å². The van der Waals surface area contributed by atoms with E-state index in [9.17, 15) is 0 Å². The van der Waals surface area contributed by atoms with Gasteiger partial charge in [-0.1, -0.05) is 113 Å². The molecule has 0 bridgehead atoms. The van der Waals surface area contributed by atoms with E-state index in [2.05, 4.69) is 140 Å². The summed E-state index contributed by atoms with van der Waals surface area (Å²) in [6.07, 6.45) is 20.9. The molecule has 3 aliphatic rings. The largest absolute Gasteiger partial charge is 0.324 e. The molecule has 3 aromatic carbocycles. The van der Waals surface area contributed by atoms with Gasteiger partial charge in [0.05, 0.1) is 0 Å². The summed E-state index contributed by atoms with van der Waals surface area (Å²) in [5.41, 5.74) is 23.3. The van der Waals surface area contributed by atoms with Crippen molar-refractivity contribution in [3.8, 4) is 0 Å². The zero-order chi connectivity index (χ0) is 31.4. The number of rotatable bonds is 6. The molecule has 0 heterocycles. The van der Waals surface area contributed by atoms with Crippen molar-refractivity contribution in [3.05, 3.63) is 140 Å². The van der Waals surface area contributed by atoms with E-state index in [1.54, 1.807) is 0 Å². The first-order chi connectivity index (χ1) is 20.9. The molecule has 0 amide bonds. The van der Waals surface area contributed by atoms with Gasteiger partial charge in [-0.05, 0) is 131 Å².